The van der Waals surface area contributed by atoms with E-state index in [-0.39, 0.29) is 11.7 Å². The van der Waals surface area contributed by atoms with Crippen LogP contribution in [0.1, 0.15) is 24.2 Å². The van der Waals surface area contributed by atoms with Crippen LogP contribution in [0.3, 0.4) is 0 Å². The van der Waals surface area contributed by atoms with Gasteiger partial charge in [-0.05, 0) is 24.1 Å². The van der Waals surface area contributed by atoms with Gasteiger partial charge in [-0.3, -0.25) is 4.79 Å². The Balaban J connectivity index is 3.10. The second-order valence-corrected chi connectivity index (χ2v) is 5.61. The van der Waals surface area contributed by atoms with Gasteiger partial charge >= 0.3 is 0 Å². The fraction of sp³-hybridized carbons (Fsp3) is 0.333. The molecular formula is C12H11Br2NO. The highest BCUT2D eigenvalue weighted by Gasteiger charge is 2.24. The molecule has 0 aliphatic heterocycles. The van der Waals surface area contributed by atoms with Crippen LogP contribution in [0.25, 0.3) is 0 Å². The molecule has 0 saturated carbocycles. The third-order valence-corrected chi connectivity index (χ3v) is 3.43. The van der Waals surface area contributed by atoms with Crippen LogP contribution in [-0.2, 0) is 0 Å². The van der Waals surface area contributed by atoms with Gasteiger partial charge in [-0.25, -0.2) is 0 Å². The lowest BCUT2D eigenvalue weighted by Crippen LogP contribution is -2.19. The zero-order chi connectivity index (χ0) is 12.3. The monoisotopic (exact) mass is 343 g/mol. The zero-order valence-corrected chi connectivity index (χ0v) is 12.2. The van der Waals surface area contributed by atoms with E-state index in [1.807, 2.05) is 19.9 Å². The van der Waals surface area contributed by atoms with Crippen molar-refractivity contribution in [2.24, 2.45) is 11.8 Å². The minimum atomic E-state index is -0.586. The molecule has 1 unspecified atom stereocenters. The maximum absolute atomic E-state index is 12.1. The van der Waals surface area contributed by atoms with Gasteiger partial charge in [0.1, 0.15) is 5.92 Å². The van der Waals surface area contributed by atoms with Gasteiger partial charge in [-0.2, -0.15) is 5.26 Å². The van der Waals surface area contributed by atoms with Crippen molar-refractivity contribution in [1.82, 2.24) is 0 Å². The lowest BCUT2D eigenvalue weighted by molar-refractivity contribution is 0.0923. The summed E-state index contributed by atoms with van der Waals surface area (Å²) in [5.41, 5.74) is 0.559. The predicted molar refractivity (Wildman–Crippen MR) is 70.1 cm³/mol. The van der Waals surface area contributed by atoms with Gasteiger partial charge < -0.3 is 0 Å². The summed E-state index contributed by atoms with van der Waals surface area (Å²) < 4.78 is 1.61. The molecule has 0 bridgehead atoms. The molecule has 1 aromatic rings. The highest BCUT2D eigenvalue weighted by Crippen LogP contribution is 2.26. The normalized spacial score (nSPS) is 12.2. The van der Waals surface area contributed by atoms with E-state index in [0.29, 0.717) is 10.0 Å². The Morgan fingerprint density at radius 1 is 1.38 bits per heavy atom. The maximum atomic E-state index is 12.1. The van der Waals surface area contributed by atoms with Crippen LogP contribution in [0.2, 0.25) is 0 Å². The number of nitriles is 1. The quantitative estimate of drug-likeness (QED) is 0.771. The molecule has 1 aromatic carbocycles. The molecule has 1 rings (SSSR count). The largest absolute Gasteiger partial charge is 0.293 e. The van der Waals surface area contributed by atoms with Gasteiger partial charge in [-0.15, -0.1) is 0 Å². The molecule has 0 saturated heterocycles. The molecule has 0 radical (unpaired) electrons. The first-order chi connectivity index (χ1) is 7.47. The topological polar surface area (TPSA) is 40.9 Å². The fourth-order valence-corrected chi connectivity index (χ4v) is 2.61. The Hall–Kier alpha value is -0.660. The van der Waals surface area contributed by atoms with Gasteiger partial charge in [0.15, 0.2) is 5.78 Å². The van der Waals surface area contributed by atoms with E-state index in [0.717, 1.165) is 4.47 Å². The molecule has 4 heteroatoms. The van der Waals surface area contributed by atoms with Gasteiger partial charge in [0.25, 0.3) is 0 Å². The smallest absolute Gasteiger partial charge is 0.181 e. The minimum absolute atomic E-state index is 0.0213. The van der Waals surface area contributed by atoms with Crippen LogP contribution in [0.15, 0.2) is 27.1 Å². The third kappa shape index (κ3) is 2.93. The van der Waals surface area contributed by atoms with E-state index >= 15 is 0 Å². The molecule has 0 aromatic heterocycles. The summed E-state index contributed by atoms with van der Waals surface area (Å²) in [5, 5.41) is 8.98. The summed E-state index contributed by atoms with van der Waals surface area (Å²) >= 11 is 6.66. The van der Waals surface area contributed by atoms with E-state index in [9.17, 15) is 4.79 Å². The molecule has 1 atom stereocenters. The third-order valence-electron chi connectivity index (χ3n) is 2.28. The average Bonchev–Trinajstić information content (AvgIpc) is 2.17. The van der Waals surface area contributed by atoms with Crippen molar-refractivity contribution in [3.8, 4) is 6.07 Å². The number of carbonyl (C=O) groups excluding carboxylic acids is 1. The fourth-order valence-electron chi connectivity index (χ4n) is 1.37. The number of ketones is 1. The van der Waals surface area contributed by atoms with Crippen LogP contribution in [0.4, 0.5) is 0 Å². The molecule has 2 nitrogen and oxygen atoms in total. The number of benzene rings is 1. The van der Waals surface area contributed by atoms with Gasteiger partial charge in [0.2, 0.25) is 0 Å². The van der Waals surface area contributed by atoms with Crippen molar-refractivity contribution in [1.29, 1.82) is 5.26 Å². The van der Waals surface area contributed by atoms with Crippen molar-refractivity contribution < 1.29 is 4.79 Å². The molecule has 84 valence electrons. The molecule has 0 amide bonds. The van der Waals surface area contributed by atoms with E-state index in [1.165, 1.54) is 0 Å². The van der Waals surface area contributed by atoms with E-state index < -0.39 is 5.92 Å². The van der Waals surface area contributed by atoms with Gasteiger partial charge in [0, 0.05) is 14.5 Å². The molecule has 0 fully saturated rings. The summed E-state index contributed by atoms with van der Waals surface area (Å²) in [6, 6.07) is 7.39. The number of nitrogens with zero attached hydrogens (tertiary/aromatic N) is 1. The maximum Gasteiger partial charge on any atom is 0.181 e. The molecular weight excluding hydrogens is 334 g/mol. The Kier molecular flexibility index (Phi) is 4.69. The van der Waals surface area contributed by atoms with Gasteiger partial charge in [-0.1, -0.05) is 45.7 Å². The first kappa shape index (κ1) is 13.4. The first-order valence-electron chi connectivity index (χ1n) is 4.86. The van der Waals surface area contributed by atoms with Crippen molar-refractivity contribution in [3.05, 3.63) is 32.7 Å². The van der Waals surface area contributed by atoms with Crippen molar-refractivity contribution in [2.75, 3.05) is 0 Å². The van der Waals surface area contributed by atoms with Crippen LogP contribution < -0.4 is 0 Å². The summed E-state index contributed by atoms with van der Waals surface area (Å²) in [6.45, 7) is 3.75. The van der Waals surface area contributed by atoms with Crippen LogP contribution in [0.5, 0.6) is 0 Å². The van der Waals surface area contributed by atoms with Crippen molar-refractivity contribution in [3.63, 3.8) is 0 Å². The molecule has 0 aliphatic carbocycles. The Bertz CT molecular complexity index is 449. The van der Waals surface area contributed by atoms with Crippen molar-refractivity contribution in [2.45, 2.75) is 13.8 Å². The Morgan fingerprint density at radius 2 is 2.00 bits per heavy atom. The number of halogens is 2. The standard InChI is InChI=1S/C12H11Br2NO/c1-7(2)10(6-15)12(16)9-4-3-8(13)5-11(9)14/h3-5,7,10H,1-2H3. The molecule has 0 heterocycles. The summed E-state index contributed by atoms with van der Waals surface area (Å²) in [7, 11) is 0. The van der Waals surface area contributed by atoms with Crippen LogP contribution in [-0.4, -0.2) is 5.78 Å². The number of carbonyl (C=O) groups is 1. The molecule has 0 N–H and O–H groups in total. The van der Waals surface area contributed by atoms with Crippen LogP contribution >= 0.6 is 31.9 Å². The highest BCUT2D eigenvalue weighted by molar-refractivity contribution is 9.11. The molecule has 0 aliphatic rings. The van der Waals surface area contributed by atoms with Crippen LogP contribution in [0, 0.1) is 23.2 Å². The number of Topliss-reactive ketones (excluding diaryl/α,β-unsaturated/α-hetero) is 1. The number of hydrogen-bond donors (Lipinski definition) is 0. The summed E-state index contributed by atoms with van der Waals surface area (Å²) in [4.78, 5) is 12.1. The lowest BCUT2D eigenvalue weighted by Gasteiger charge is -2.12. The predicted octanol–water partition coefficient (Wildman–Crippen LogP) is 4.19. The number of rotatable bonds is 3. The Morgan fingerprint density at radius 3 is 2.44 bits per heavy atom. The van der Waals surface area contributed by atoms with Crippen molar-refractivity contribution >= 4 is 37.6 Å². The van der Waals surface area contributed by atoms with E-state index in [2.05, 4.69) is 37.9 Å². The van der Waals surface area contributed by atoms with E-state index in [4.69, 9.17) is 5.26 Å². The number of hydrogen-bond acceptors (Lipinski definition) is 2. The second kappa shape index (κ2) is 5.60. The zero-order valence-electron chi connectivity index (χ0n) is 9.00. The SMILES string of the molecule is CC(C)C(C#N)C(=O)c1ccc(Br)cc1Br. The highest BCUT2D eigenvalue weighted by atomic mass is 79.9. The second-order valence-electron chi connectivity index (χ2n) is 3.84. The minimum Gasteiger partial charge on any atom is -0.293 e. The van der Waals surface area contributed by atoms with Gasteiger partial charge in [0.05, 0.1) is 6.07 Å². The van der Waals surface area contributed by atoms with E-state index in [1.54, 1.807) is 12.1 Å². The average molecular weight is 345 g/mol. The lowest BCUT2D eigenvalue weighted by atomic mass is 9.89. The molecule has 0 spiro atoms. The first-order valence-corrected chi connectivity index (χ1v) is 6.45. The summed E-state index contributed by atoms with van der Waals surface area (Å²) in [5.74, 6) is -0.692. The summed E-state index contributed by atoms with van der Waals surface area (Å²) in [6.07, 6.45) is 0. The molecule has 16 heavy (non-hydrogen) atoms. The Labute approximate surface area is 112 Å².